The number of aryl methyl sites for hydroxylation is 1. The van der Waals surface area contributed by atoms with Gasteiger partial charge in [-0.2, -0.15) is 0 Å². The summed E-state index contributed by atoms with van der Waals surface area (Å²) in [6, 6.07) is 16.8. The standard InChI is InChI=1S/C17H19NO/c1-2-12-7-9-13(10-8-12)17-11-15(18)14-5-3-4-6-16(14)19-17/h3-10,15,17H,2,11,18H2,1H3/t15-,17?/m0/s1. The van der Waals surface area contributed by atoms with E-state index in [4.69, 9.17) is 10.5 Å². The van der Waals surface area contributed by atoms with E-state index in [1.54, 1.807) is 0 Å². The van der Waals surface area contributed by atoms with Gasteiger partial charge in [0.2, 0.25) is 0 Å². The summed E-state index contributed by atoms with van der Waals surface area (Å²) in [5, 5.41) is 0. The van der Waals surface area contributed by atoms with Crippen LogP contribution in [0.1, 0.15) is 42.2 Å². The third-order valence-electron chi connectivity index (χ3n) is 3.82. The molecule has 2 aromatic rings. The molecular formula is C17H19NO. The van der Waals surface area contributed by atoms with Crippen molar-refractivity contribution >= 4 is 0 Å². The van der Waals surface area contributed by atoms with Gasteiger partial charge in [0.15, 0.2) is 0 Å². The molecule has 0 aromatic heterocycles. The van der Waals surface area contributed by atoms with Crippen LogP contribution in [0.5, 0.6) is 5.75 Å². The van der Waals surface area contributed by atoms with Gasteiger partial charge in [0.1, 0.15) is 11.9 Å². The van der Waals surface area contributed by atoms with Crippen LogP contribution in [0.2, 0.25) is 0 Å². The Hall–Kier alpha value is -1.80. The normalized spacial score (nSPS) is 21.6. The fourth-order valence-electron chi connectivity index (χ4n) is 2.63. The molecule has 0 saturated heterocycles. The third-order valence-corrected chi connectivity index (χ3v) is 3.82. The lowest BCUT2D eigenvalue weighted by Gasteiger charge is -2.30. The van der Waals surface area contributed by atoms with E-state index in [2.05, 4.69) is 37.3 Å². The molecule has 0 bridgehead atoms. The van der Waals surface area contributed by atoms with Crippen LogP contribution in [0.3, 0.4) is 0 Å². The van der Waals surface area contributed by atoms with Crippen molar-refractivity contribution in [3.8, 4) is 5.75 Å². The van der Waals surface area contributed by atoms with E-state index in [1.807, 2.05) is 18.2 Å². The molecule has 2 heteroatoms. The maximum absolute atomic E-state index is 6.25. The second-order valence-corrected chi connectivity index (χ2v) is 5.08. The van der Waals surface area contributed by atoms with Gasteiger partial charge in [-0.1, -0.05) is 49.4 Å². The molecule has 2 nitrogen and oxygen atoms in total. The van der Waals surface area contributed by atoms with Gasteiger partial charge in [-0.15, -0.1) is 0 Å². The Morgan fingerprint density at radius 2 is 1.84 bits per heavy atom. The summed E-state index contributed by atoms with van der Waals surface area (Å²) in [6.07, 6.45) is 1.97. The van der Waals surface area contributed by atoms with Crippen molar-refractivity contribution in [2.45, 2.75) is 31.9 Å². The minimum atomic E-state index is 0.0563. The zero-order chi connectivity index (χ0) is 13.2. The molecule has 0 saturated carbocycles. The van der Waals surface area contributed by atoms with Crippen LogP contribution >= 0.6 is 0 Å². The first-order valence-corrected chi connectivity index (χ1v) is 6.88. The van der Waals surface area contributed by atoms with E-state index in [1.165, 1.54) is 11.1 Å². The van der Waals surface area contributed by atoms with Crippen molar-refractivity contribution < 1.29 is 4.74 Å². The van der Waals surface area contributed by atoms with Gasteiger partial charge in [-0.25, -0.2) is 0 Å². The highest BCUT2D eigenvalue weighted by atomic mass is 16.5. The van der Waals surface area contributed by atoms with Gasteiger partial charge in [0.25, 0.3) is 0 Å². The van der Waals surface area contributed by atoms with Crippen LogP contribution in [0.4, 0.5) is 0 Å². The molecule has 0 aliphatic carbocycles. The molecule has 0 spiro atoms. The predicted molar refractivity (Wildman–Crippen MR) is 77.2 cm³/mol. The molecule has 2 aromatic carbocycles. The van der Waals surface area contributed by atoms with Gasteiger partial charge in [0, 0.05) is 18.0 Å². The zero-order valence-electron chi connectivity index (χ0n) is 11.2. The summed E-state index contributed by atoms with van der Waals surface area (Å²) in [6.45, 7) is 2.16. The number of benzene rings is 2. The Balaban J connectivity index is 1.87. The predicted octanol–water partition coefficient (Wildman–Crippen LogP) is 3.77. The second kappa shape index (κ2) is 5.06. The fraction of sp³-hybridized carbons (Fsp3) is 0.294. The highest BCUT2D eigenvalue weighted by Gasteiger charge is 2.26. The van der Waals surface area contributed by atoms with E-state index in [0.29, 0.717) is 0 Å². The Bertz CT molecular complexity index is 562. The van der Waals surface area contributed by atoms with Crippen molar-refractivity contribution in [3.63, 3.8) is 0 Å². The van der Waals surface area contributed by atoms with Gasteiger partial charge in [0.05, 0.1) is 0 Å². The highest BCUT2D eigenvalue weighted by Crippen LogP contribution is 2.39. The average Bonchev–Trinajstić information content (AvgIpc) is 2.47. The molecule has 1 aliphatic heterocycles. The van der Waals surface area contributed by atoms with Crippen molar-refractivity contribution in [1.82, 2.24) is 0 Å². The zero-order valence-corrected chi connectivity index (χ0v) is 11.2. The first kappa shape index (κ1) is 12.2. The number of fused-ring (bicyclic) bond motifs is 1. The van der Waals surface area contributed by atoms with E-state index < -0.39 is 0 Å². The molecule has 0 fully saturated rings. The Morgan fingerprint density at radius 1 is 1.11 bits per heavy atom. The summed E-state index contributed by atoms with van der Waals surface area (Å²) in [5.74, 6) is 0.922. The highest BCUT2D eigenvalue weighted by molar-refractivity contribution is 5.39. The van der Waals surface area contributed by atoms with Crippen LogP contribution in [0, 0.1) is 0 Å². The van der Waals surface area contributed by atoms with Crippen molar-refractivity contribution in [2.75, 3.05) is 0 Å². The monoisotopic (exact) mass is 253 g/mol. The van der Waals surface area contributed by atoms with Crippen LogP contribution in [0.25, 0.3) is 0 Å². The maximum atomic E-state index is 6.25. The third kappa shape index (κ3) is 2.36. The maximum Gasteiger partial charge on any atom is 0.126 e. The molecule has 1 unspecified atom stereocenters. The van der Waals surface area contributed by atoms with E-state index in [9.17, 15) is 0 Å². The summed E-state index contributed by atoms with van der Waals surface area (Å²) >= 11 is 0. The van der Waals surface area contributed by atoms with Crippen molar-refractivity contribution in [1.29, 1.82) is 0 Å². The molecule has 98 valence electrons. The smallest absolute Gasteiger partial charge is 0.126 e. The molecular weight excluding hydrogens is 234 g/mol. The summed E-state index contributed by atoms with van der Waals surface area (Å²) in [4.78, 5) is 0. The number of para-hydroxylation sites is 1. The fourth-order valence-corrected chi connectivity index (χ4v) is 2.63. The molecule has 0 amide bonds. The molecule has 3 rings (SSSR count). The summed E-state index contributed by atoms with van der Waals surface area (Å²) in [5.41, 5.74) is 9.93. The molecule has 2 N–H and O–H groups in total. The van der Waals surface area contributed by atoms with Crippen LogP contribution in [0.15, 0.2) is 48.5 Å². The molecule has 1 heterocycles. The SMILES string of the molecule is CCc1ccc(C2C[C@H](N)c3ccccc3O2)cc1. The van der Waals surface area contributed by atoms with Crippen LogP contribution in [-0.4, -0.2) is 0 Å². The van der Waals surface area contributed by atoms with Gasteiger partial charge in [-0.05, 0) is 23.6 Å². The minimum Gasteiger partial charge on any atom is -0.485 e. The molecule has 1 aliphatic rings. The van der Waals surface area contributed by atoms with Gasteiger partial charge < -0.3 is 10.5 Å². The minimum absolute atomic E-state index is 0.0563. The summed E-state index contributed by atoms with van der Waals surface area (Å²) in [7, 11) is 0. The lowest BCUT2D eigenvalue weighted by atomic mass is 9.93. The van der Waals surface area contributed by atoms with Crippen LogP contribution in [-0.2, 0) is 6.42 Å². The first-order chi connectivity index (χ1) is 9.28. The van der Waals surface area contributed by atoms with Crippen molar-refractivity contribution in [2.24, 2.45) is 5.73 Å². The number of nitrogens with two attached hydrogens (primary N) is 1. The number of hydrogen-bond acceptors (Lipinski definition) is 2. The van der Waals surface area contributed by atoms with Gasteiger partial charge in [-0.3, -0.25) is 0 Å². The number of ether oxygens (including phenoxy) is 1. The largest absolute Gasteiger partial charge is 0.485 e. The Labute approximate surface area is 114 Å². The number of rotatable bonds is 2. The van der Waals surface area contributed by atoms with E-state index >= 15 is 0 Å². The van der Waals surface area contributed by atoms with Crippen molar-refractivity contribution in [3.05, 3.63) is 65.2 Å². The van der Waals surface area contributed by atoms with E-state index in [-0.39, 0.29) is 12.1 Å². The summed E-state index contributed by atoms with van der Waals surface area (Å²) < 4.78 is 6.08. The quantitative estimate of drug-likeness (QED) is 0.884. The number of hydrogen-bond donors (Lipinski definition) is 1. The molecule has 19 heavy (non-hydrogen) atoms. The Kier molecular flexibility index (Phi) is 3.26. The Morgan fingerprint density at radius 3 is 2.58 bits per heavy atom. The molecule has 0 radical (unpaired) electrons. The lowest BCUT2D eigenvalue weighted by molar-refractivity contribution is 0.161. The molecule has 2 atom stereocenters. The lowest BCUT2D eigenvalue weighted by Crippen LogP contribution is -2.24. The van der Waals surface area contributed by atoms with Gasteiger partial charge >= 0.3 is 0 Å². The van der Waals surface area contributed by atoms with Crippen LogP contribution < -0.4 is 10.5 Å². The second-order valence-electron chi connectivity index (χ2n) is 5.08. The average molecular weight is 253 g/mol. The first-order valence-electron chi connectivity index (χ1n) is 6.88. The van der Waals surface area contributed by atoms with E-state index in [0.717, 1.165) is 24.2 Å². The topological polar surface area (TPSA) is 35.2 Å².